The number of methoxy groups -OCH3 is 1. The molecule has 0 aliphatic carbocycles. The van der Waals surface area contributed by atoms with Crippen LogP contribution >= 0.6 is 11.6 Å². The van der Waals surface area contributed by atoms with Crippen molar-refractivity contribution in [1.82, 2.24) is 0 Å². The van der Waals surface area contributed by atoms with E-state index in [4.69, 9.17) is 30.5 Å². The molecule has 0 unspecified atom stereocenters. The van der Waals surface area contributed by atoms with Gasteiger partial charge in [-0.05, 0) is 30.3 Å². The maximum atomic E-state index is 13.7. The maximum absolute atomic E-state index is 13.7. The number of fused-ring (bicyclic) bond motifs is 1. The normalized spacial score (nSPS) is 12.9. The minimum Gasteiger partial charge on any atom is -0.494 e. The van der Waals surface area contributed by atoms with Gasteiger partial charge in [-0.15, -0.1) is 0 Å². The van der Waals surface area contributed by atoms with Crippen molar-refractivity contribution in [3.63, 3.8) is 0 Å². The van der Waals surface area contributed by atoms with Crippen molar-refractivity contribution in [2.24, 2.45) is 0 Å². The van der Waals surface area contributed by atoms with Crippen LogP contribution in [0.3, 0.4) is 0 Å². The molecule has 0 saturated carbocycles. The molecule has 1 aliphatic heterocycles. The number of Topliss-reactive ketones (excluding diaryl/α,β-unsaturated/α-hetero) is 1. The number of halogens is 2. The lowest BCUT2D eigenvalue weighted by molar-refractivity contribution is 0.0474. The van der Waals surface area contributed by atoms with Gasteiger partial charge in [-0.1, -0.05) is 11.6 Å². The zero-order valence-corrected chi connectivity index (χ0v) is 15.2. The summed E-state index contributed by atoms with van der Waals surface area (Å²) in [5.74, 6) is -1.25. The topological polar surface area (TPSA) is 71.1 Å². The highest BCUT2D eigenvalue weighted by Gasteiger charge is 2.20. The third kappa shape index (κ3) is 4.31. The van der Waals surface area contributed by atoms with Gasteiger partial charge in [0.25, 0.3) is 0 Å². The molecule has 0 bridgehead atoms. The SMILES string of the molecule is COc1ccc(C(=O)COC(=O)c2cc(Cl)c3c(c2)OCCCO3)cc1F. The number of carbonyl (C=O) groups excluding carboxylic acids is 2. The van der Waals surface area contributed by atoms with E-state index in [0.717, 1.165) is 6.07 Å². The van der Waals surface area contributed by atoms with Gasteiger partial charge in [0, 0.05) is 12.0 Å². The molecule has 6 nitrogen and oxygen atoms in total. The van der Waals surface area contributed by atoms with Gasteiger partial charge in [0.1, 0.15) is 0 Å². The van der Waals surface area contributed by atoms with E-state index in [2.05, 4.69) is 0 Å². The largest absolute Gasteiger partial charge is 0.494 e. The predicted molar refractivity (Wildman–Crippen MR) is 94.6 cm³/mol. The first-order chi connectivity index (χ1) is 13.0. The summed E-state index contributed by atoms with van der Waals surface area (Å²) in [5, 5.41) is 0.213. The summed E-state index contributed by atoms with van der Waals surface area (Å²) in [6.07, 6.45) is 0.692. The zero-order valence-electron chi connectivity index (χ0n) is 14.4. The molecule has 0 fully saturated rings. The highest BCUT2D eigenvalue weighted by Crippen LogP contribution is 2.38. The molecule has 8 heteroatoms. The average Bonchev–Trinajstić information content (AvgIpc) is 2.91. The molecule has 0 atom stereocenters. The molecule has 1 aliphatic rings. The Bertz CT molecular complexity index is 883. The molecule has 0 spiro atoms. The number of ether oxygens (including phenoxy) is 4. The Balaban J connectivity index is 1.69. The van der Waals surface area contributed by atoms with Gasteiger partial charge < -0.3 is 18.9 Å². The van der Waals surface area contributed by atoms with Gasteiger partial charge in [-0.25, -0.2) is 9.18 Å². The van der Waals surface area contributed by atoms with Gasteiger partial charge >= 0.3 is 5.97 Å². The maximum Gasteiger partial charge on any atom is 0.338 e. The van der Waals surface area contributed by atoms with Gasteiger partial charge in [-0.3, -0.25) is 4.79 Å². The lowest BCUT2D eigenvalue weighted by atomic mass is 10.1. The number of hydrogen-bond acceptors (Lipinski definition) is 6. The molecule has 3 rings (SSSR count). The number of hydrogen-bond donors (Lipinski definition) is 0. The van der Waals surface area contributed by atoms with Crippen LogP contribution in [0.15, 0.2) is 30.3 Å². The van der Waals surface area contributed by atoms with Crippen LogP contribution in [0.25, 0.3) is 0 Å². The van der Waals surface area contributed by atoms with Gasteiger partial charge in [0.15, 0.2) is 35.5 Å². The minimum atomic E-state index is -0.755. The van der Waals surface area contributed by atoms with Crippen LogP contribution < -0.4 is 14.2 Å². The second-order valence-corrected chi connectivity index (χ2v) is 6.09. The van der Waals surface area contributed by atoms with Crippen molar-refractivity contribution in [3.8, 4) is 17.2 Å². The summed E-state index contributed by atoms with van der Waals surface area (Å²) >= 11 is 6.14. The molecule has 0 aromatic heterocycles. The quantitative estimate of drug-likeness (QED) is 0.569. The molecule has 0 N–H and O–H groups in total. The van der Waals surface area contributed by atoms with Gasteiger partial charge in [0.05, 0.1) is 30.9 Å². The first-order valence-corrected chi connectivity index (χ1v) is 8.50. The Labute approximate surface area is 159 Å². The third-order valence-electron chi connectivity index (χ3n) is 3.85. The molecule has 2 aromatic carbocycles. The Kier molecular flexibility index (Phi) is 5.81. The van der Waals surface area contributed by atoms with Crippen molar-refractivity contribution >= 4 is 23.4 Å². The highest BCUT2D eigenvalue weighted by atomic mass is 35.5. The summed E-state index contributed by atoms with van der Waals surface area (Å²) < 4.78 is 34.5. The first-order valence-electron chi connectivity index (χ1n) is 8.12. The molecule has 0 saturated heterocycles. The second kappa shape index (κ2) is 8.26. The van der Waals surface area contributed by atoms with Crippen molar-refractivity contribution in [2.75, 3.05) is 26.9 Å². The number of esters is 1. The molecule has 27 heavy (non-hydrogen) atoms. The van der Waals surface area contributed by atoms with Crippen molar-refractivity contribution in [2.45, 2.75) is 6.42 Å². The summed E-state index contributed by atoms with van der Waals surface area (Å²) in [6, 6.07) is 6.58. The standard InChI is InChI=1S/C19H16ClFO6/c1-24-16-4-3-11(8-14(16)21)15(22)10-27-19(23)12-7-13(20)18-17(9-12)25-5-2-6-26-18/h3-4,7-9H,2,5-6,10H2,1H3. The Morgan fingerprint density at radius 2 is 1.93 bits per heavy atom. The van der Waals surface area contributed by atoms with E-state index in [1.807, 2.05) is 0 Å². The number of carbonyl (C=O) groups is 2. The van der Waals surface area contributed by atoms with Crippen LogP contribution in [0.2, 0.25) is 5.02 Å². The van der Waals surface area contributed by atoms with E-state index in [-0.39, 0.29) is 21.9 Å². The number of benzene rings is 2. The fourth-order valence-electron chi connectivity index (χ4n) is 2.49. The van der Waals surface area contributed by atoms with E-state index in [9.17, 15) is 14.0 Å². The molecular formula is C19H16ClFO6. The number of ketones is 1. The van der Waals surface area contributed by atoms with Crippen LogP contribution in [0, 0.1) is 5.82 Å². The van der Waals surface area contributed by atoms with Crippen molar-refractivity contribution in [1.29, 1.82) is 0 Å². The molecule has 2 aromatic rings. The van der Waals surface area contributed by atoms with Crippen LogP contribution in [-0.2, 0) is 4.74 Å². The molecular weight excluding hydrogens is 379 g/mol. The van der Waals surface area contributed by atoms with E-state index < -0.39 is 24.2 Å². The summed E-state index contributed by atoms with van der Waals surface area (Å²) in [4.78, 5) is 24.4. The predicted octanol–water partition coefficient (Wildman–Crippen LogP) is 3.69. The number of rotatable bonds is 5. The minimum absolute atomic E-state index is 0.0189. The third-order valence-corrected chi connectivity index (χ3v) is 4.13. The van der Waals surface area contributed by atoms with Crippen molar-refractivity contribution < 1.29 is 32.9 Å². The van der Waals surface area contributed by atoms with E-state index in [1.165, 1.54) is 31.4 Å². The summed E-state index contributed by atoms with van der Waals surface area (Å²) in [6.45, 7) is 0.351. The monoisotopic (exact) mass is 394 g/mol. The van der Waals surface area contributed by atoms with Gasteiger partial charge in [-0.2, -0.15) is 0 Å². The van der Waals surface area contributed by atoms with E-state index in [0.29, 0.717) is 31.1 Å². The Morgan fingerprint density at radius 3 is 2.67 bits per heavy atom. The van der Waals surface area contributed by atoms with Crippen LogP contribution in [-0.4, -0.2) is 38.7 Å². The summed E-state index contributed by atoms with van der Waals surface area (Å²) in [5.41, 5.74) is 0.191. The summed E-state index contributed by atoms with van der Waals surface area (Å²) in [7, 11) is 1.32. The van der Waals surface area contributed by atoms with Crippen molar-refractivity contribution in [3.05, 3.63) is 52.3 Å². The zero-order chi connectivity index (χ0) is 19.4. The lowest BCUT2D eigenvalue weighted by Gasteiger charge is -2.11. The molecule has 1 heterocycles. The fraction of sp³-hybridized carbons (Fsp3) is 0.263. The molecule has 0 amide bonds. The smallest absolute Gasteiger partial charge is 0.338 e. The van der Waals surface area contributed by atoms with E-state index >= 15 is 0 Å². The first kappa shape index (κ1) is 19.0. The highest BCUT2D eigenvalue weighted by molar-refractivity contribution is 6.32. The van der Waals surface area contributed by atoms with E-state index in [1.54, 1.807) is 0 Å². The van der Waals surface area contributed by atoms with Gasteiger partial charge in [0.2, 0.25) is 0 Å². The average molecular weight is 395 g/mol. The molecule has 0 radical (unpaired) electrons. The Morgan fingerprint density at radius 1 is 1.15 bits per heavy atom. The molecule has 142 valence electrons. The Hall–Kier alpha value is -2.80. The fourth-order valence-corrected chi connectivity index (χ4v) is 2.75. The lowest BCUT2D eigenvalue weighted by Crippen LogP contribution is -2.14. The second-order valence-electron chi connectivity index (χ2n) is 5.68. The van der Waals surface area contributed by atoms with Crippen LogP contribution in [0.5, 0.6) is 17.2 Å². The van der Waals surface area contributed by atoms with Crippen LogP contribution in [0.4, 0.5) is 4.39 Å². The van der Waals surface area contributed by atoms with Crippen LogP contribution in [0.1, 0.15) is 27.1 Å².